The lowest BCUT2D eigenvalue weighted by Gasteiger charge is -2.28. The number of allylic oxidation sites excluding steroid dienone is 1. The summed E-state index contributed by atoms with van der Waals surface area (Å²) in [6.45, 7) is 7.44. The fourth-order valence-electron chi connectivity index (χ4n) is 4.99. The van der Waals surface area contributed by atoms with Gasteiger partial charge in [0.05, 0.1) is 18.8 Å². The molecule has 0 saturated heterocycles. The maximum Gasteiger partial charge on any atom is 0.343 e. The van der Waals surface area contributed by atoms with Gasteiger partial charge in [0.25, 0.3) is 0 Å². The zero-order valence-corrected chi connectivity index (χ0v) is 22.1. The van der Waals surface area contributed by atoms with E-state index >= 15 is 0 Å². The first-order chi connectivity index (χ1) is 17.7. The predicted octanol–water partition coefficient (Wildman–Crippen LogP) is 8.80. The number of carbonyl (C=O) groups excluding carboxylic acids is 1. The summed E-state index contributed by atoms with van der Waals surface area (Å²) >= 11 is 0. The first-order valence-corrected chi connectivity index (χ1v) is 14.0. The molecule has 0 heterocycles. The van der Waals surface area contributed by atoms with E-state index in [9.17, 15) is 4.79 Å². The smallest absolute Gasteiger partial charge is 0.343 e. The number of rotatable bonds is 16. The largest absolute Gasteiger partial charge is 0.494 e. The van der Waals surface area contributed by atoms with Crippen LogP contribution in [0.1, 0.15) is 94.3 Å². The van der Waals surface area contributed by atoms with Gasteiger partial charge in [0.15, 0.2) is 0 Å². The zero-order chi connectivity index (χ0) is 25.4. The summed E-state index contributed by atoms with van der Waals surface area (Å²) in [4.78, 5) is 12.5. The molecule has 4 nitrogen and oxygen atoms in total. The quantitative estimate of drug-likeness (QED) is 0.102. The molecule has 2 aromatic carbocycles. The Morgan fingerprint density at radius 2 is 1.33 bits per heavy atom. The maximum absolute atomic E-state index is 12.5. The number of esters is 1. The van der Waals surface area contributed by atoms with Crippen molar-refractivity contribution in [3.05, 3.63) is 66.7 Å². The summed E-state index contributed by atoms with van der Waals surface area (Å²) in [6, 6.07) is 14.4. The third kappa shape index (κ3) is 10.1. The minimum absolute atomic E-state index is 0.381. The summed E-state index contributed by atoms with van der Waals surface area (Å²) in [5.74, 6) is 3.55. The van der Waals surface area contributed by atoms with Crippen molar-refractivity contribution >= 4 is 5.97 Å². The van der Waals surface area contributed by atoms with E-state index < -0.39 is 0 Å². The van der Waals surface area contributed by atoms with E-state index in [-0.39, 0.29) is 5.97 Å². The molecule has 1 saturated carbocycles. The second-order valence-corrected chi connectivity index (χ2v) is 10.0. The molecule has 1 fully saturated rings. The fourth-order valence-corrected chi connectivity index (χ4v) is 4.99. The molecule has 0 bridgehead atoms. The Labute approximate surface area is 218 Å². The van der Waals surface area contributed by atoms with Crippen LogP contribution in [0.25, 0.3) is 0 Å². The molecule has 0 N–H and O–H groups in total. The summed E-state index contributed by atoms with van der Waals surface area (Å²) < 4.78 is 17.2. The van der Waals surface area contributed by atoms with Crippen LogP contribution in [0.5, 0.6) is 17.2 Å². The molecule has 1 aliphatic rings. The summed E-state index contributed by atoms with van der Waals surface area (Å²) in [6.07, 6.45) is 16.9. The van der Waals surface area contributed by atoms with E-state index in [1.165, 1.54) is 44.9 Å². The fraction of sp³-hybridized carbons (Fsp3) is 0.531. The van der Waals surface area contributed by atoms with Crippen LogP contribution in [0.2, 0.25) is 0 Å². The first kappa shape index (κ1) is 27.8. The number of benzene rings is 2. The Kier molecular flexibility index (Phi) is 12.4. The van der Waals surface area contributed by atoms with Crippen molar-refractivity contribution in [2.24, 2.45) is 11.8 Å². The molecule has 2 aromatic rings. The lowest BCUT2D eigenvalue weighted by molar-refractivity contribution is 0.0734. The number of carbonyl (C=O) groups is 1. The van der Waals surface area contributed by atoms with Crippen molar-refractivity contribution < 1.29 is 19.0 Å². The highest BCUT2D eigenvalue weighted by molar-refractivity contribution is 5.91. The van der Waals surface area contributed by atoms with Gasteiger partial charge in [-0.2, -0.15) is 0 Å². The topological polar surface area (TPSA) is 44.8 Å². The van der Waals surface area contributed by atoms with E-state index in [1.54, 1.807) is 24.3 Å². The van der Waals surface area contributed by atoms with Gasteiger partial charge >= 0.3 is 5.97 Å². The van der Waals surface area contributed by atoms with Crippen molar-refractivity contribution in [1.82, 2.24) is 0 Å². The molecule has 0 unspecified atom stereocenters. The van der Waals surface area contributed by atoms with Crippen molar-refractivity contribution in [3.63, 3.8) is 0 Å². The highest BCUT2D eigenvalue weighted by Crippen LogP contribution is 2.33. The van der Waals surface area contributed by atoms with Crippen LogP contribution in [0.4, 0.5) is 0 Å². The van der Waals surface area contributed by atoms with Crippen molar-refractivity contribution in [2.45, 2.75) is 84.0 Å². The molecule has 0 aromatic heterocycles. The molecule has 3 rings (SSSR count). The molecule has 0 spiro atoms. The number of hydrogen-bond donors (Lipinski definition) is 0. The molecule has 36 heavy (non-hydrogen) atoms. The SMILES string of the molecule is C=CCCCCCOc1ccc(C(=O)Oc2ccc(OCCC[C@H]3CC[C@H](CCC)CC3)cc2)cc1. The molecule has 0 radical (unpaired) electrons. The van der Waals surface area contributed by atoms with E-state index in [1.807, 2.05) is 30.3 Å². The summed E-state index contributed by atoms with van der Waals surface area (Å²) in [7, 11) is 0. The second kappa shape index (κ2) is 16.1. The van der Waals surface area contributed by atoms with Gasteiger partial charge in [-0.3, -0.25) is 0 Å². The van der Waals surface area contributed by atoms with Crippen LogP contribution in [0, 0.1) is 11.8 Å². The van der Waals surface area contributed by atoms with Crippen LogP contribution in [0.15, 0.2) is 61.2 Å². The van der Waals surface area contributed by atoms with Crippen molar-refractivity contribution in [3.8, 4) is 17.2 Å². The maximum atomic E-state index is 12.5. The second-order valence-electron chi connectivity index (χ2n) is 10.0. The highest BCUT2D eigenvalue weighted by atomic mass is 16.5. The minimum atomic E-state index is -0.381. The average molecular weight is 493 g/mol. The third-order valence-electron chi connectivity index (χ3n) is 7.13. The Morgan fingerprint density at radius 3 is 1.94 bits per heavy atom. The van der Waals surface area contributed by atoms with Crippen LogP contribution in [0.3, 0.4) is 0 Å². The lowest BCUT2D eigenvalue weighted by Crippen LogP contribution is -2.15. The number of hydrogen-bond acceptors (Lipinski definition) is 4. The third-order valence-corrected chi connectivity index (χ3v) is 7.13. The Balaban J connectivity index is 1.31. The highest BCUT2D eigenvalue weighted by Gasteiger charge is 2.20. The van der Waals surface area contributed by atoms with E-state index in [2.05, 4.69) is 13.5 Å². The molecule has 0 atom stereocenters. The van der Waals surface area contributed by atoms with E-state index in [4.69, 9.17) is 14.2 Å². The Bertz CT molecular complexity index is 879. The van der Waals surface area contributed by atoms with Crippen LogP contribution >= 0.6 is 0 Å². The minimum Gasteiger partial charge on any atom is -0.494 e. The Morgan fingerprint density at radius 1 is 0.778 bits per heavy atom. The van der Waals surface area contributed by atoms with Gasteiger partial charge in [0.2, 0.25) is 0 Å². The van der Waals surface area contributed by atoms with E-state index in [0.717, 1.165) is 62.0 Å². The zero-order valence-electron chi connectivity index (χ0n) is 22.1. The summed E-state index contributed by atoms with van der Waals surface area (Å²) in [5, 5.41) is 0. The van der Waals surface area contributed by atoms with Gasteiger partial charge in [-0.05, 0) is 98.9 Å². The first-order valence-electron chi connectivity index (χ1n) is 14.0. The van der Waals surface area contributed by atoms with Crippen molar-refractivity contribution in [1.29, 1.82) is 0 Å². The van der Waals surface area contributed by atoms with Gasteiger partial charge in [-0.1, -0.05) is 51.5 Å². The van der Waals surface area contributed by atoms with Gasteiger partial charge in [-0.15, -0.1) is 6.58 Å². The van der Waals surface area contributed by atoms with Crippen LogP contribution in [-0.4, -0.2) is 19.2 Å². The molecule has 0 amide bonds. The number of unbranched alkanes of at least 4 members (excludes halogenated alkanes) is 3. The molecule has 1 aliphatic carbocycles. The monoisotopic (exact) mass is 492 g/mol. The molecular formula is C32H44O4. The summed E-state index contributed by atoms with van der Waals surface area (Å²) in [5.41, 5.74) is 0.498. The van der Waals surface area contributed by atoms with Crippen molar-refractivity contribution in [2.75, 3.05) is 13.2 Å². The number of ether oxygens (including phenoxy) is 3. The van der Waals surface area contributed by atoms with E-state index in [0.29, 0.717) is 17.9 Å². The molecule has 196 valence electrons. The van der Waals surface area contributed by atoms with Gasteiger partial charge in [-0.25, -0.2) is 4.79 Å². The standard InChI is InChI=1S/C32H44O4/c1-3-5-6-7-8-24-34-29-18-16-28(17-19-29)32(33)36-31-22-20-30(21-23-31)35-25-9-11-27-14-12-26(10-4-2)13-15-27/h3,16-23,26-27H,1,4-15,24-25H2,2H3/t26-,27-. The Hall–Kier alpha value is -2.75. The average Bonchev–Trinajstić information content (AvgIpc) is 2.91. The lowest BCUT2D eigenvalue weighted by atomic mass is 9.78. The predicted molar refractivity (Wildman–Crippen MR) is 147 cm³/mol. The van der Waals surface area contributed by atoms with Gasteiger partial charge in [0, 0.05) is 0 Å². The van der Waals surface area contributed by atoms with Crippen LogP contribution < -0.4 is 14.2 Å². The van der Waals surface area contributed by atoms with Crippen LogP contribution in [-0.2, 0) is 0 Å². The molecular weight excluding hydrogens is 448 g/mol. The van der Waals surface area contributed by atoms with Gasteiger partial charge < -0.3 is 14.2 Å². The molecule has 4 heteroatoms. The van der Waals surface area contributed by atoms with Gasteiger partial charge in [0.1, 0.15) is 17.2 Å². The molecule has 0 aliphatic heterocycles. The normalized spacial score (nSPS) is 17.4.